The molecule has 38 heavy (non-hydrogen) atoms. The van der Waals surface area contributed by atoms with Gasteiger partial charge in [-0.15, -0.1) is 5.10 Å². The first-order valence-electron chi connectivity index (χ1n) is 13.6. The normalized spacial score (nSPS) is 15.8. The van der Waals surface area contributed by atoms with Gasteiger partial charge in [0.2, 0.25) is 0 Å². The molecule has 1 aliphatic heterocycles. The van der Waals surface area contributed by atoms with Crippen molar-refractivity contribution >= 4 is 16.6 Å². The smallest absolute Gasteiger partial charge is 0.253 e. The number of benzene rings is 2. The zero-order valence-electron chi connectivity index (χ0n) is 23.7. The van der Waals surface area contributed by atoms with Crippen LogP contribution in [0.3, 0.4) is 0 Å². The Labute approximate surface area is 224 Å². The van der Waals surface area contributed by atoms with Gasteiger partial charge in [0.15, 0.2) is 5.82 Å². The average Bonchev–Trinajstić information content (AvgIpc) is 3.40. The maximum Gasteiger partial charge on any atom is 0.253 e. The van der Waals surface area contributed by atoms with Gasteiger partial charge >= 0.3 is 0 Å². The number of nitrogens with zero attached hydrogens (tertiary/aromatic N) is 6. The molecule has 3 heterocycles. The first kappa shape index (κ1) is 26.1. The fourth-order valence-electron chi connectivity index (χ4n) is 5.54. The van der Waals surface area contributed by atoms with Crippen LogP contribution >= 0.6 is 0 Å². The minimum absolute atomic E-state index is 0.0861. The van der Waals surface area contributed by atoms with Gasteiger partial charge in [-0.1, -0.05) is 31.2 Å². The molecule has 1 aliphatic rings. The summed E-state index contributed by atoms with van der Waals surface area (Å²) >= 11 is 0. The Morgan fingerprint density at radius 1 is 0.974 bits per heavy atom. The Hall–Kier alpha value is -3.52. The Kier molecular flexibility index (Phi) is 6.86. The molecule has 5 rings (SSSR count). The van der Waals surface area contributed by atoms with Crippen molar-refractivity contribution in [1.82, 2.24) is 30.1 Å². The van der Waals surface area contributed by atoms with Gasteiger partial charge in [0.1, 0.15) is 6.04 Å². The van der Waals surface area contributed by atoms with Gasteiger partial charge in [0.25, 0.3) is 5.56 Å². The molecule has 8 nitrogen and oxygen atoms in total. The van der Waals surface area contributed by atoms with E-state index < -0.39 is 0 Å². The summed E-state index contributed by atoms with van der Waals surface area (Å²) in [6.07, 6.45) is 0.866. The second-order valence-corrected chi connectivity index (χ2v) is 11.3. The summed E-state index contributed by atoms with van der Waals surface area (Å²) in [6, 6.07) is 12.4. The molecular formula is C30H39N7O. The minimum Gasteiger partial charge on any atom is -0.369 e. The SMILES string of the molecule is CCC(C)(C)n1nnnc1[C@@H](c1cc2c(C)ccc(C)c2[nH]c1=O)N1CCN(c2cccc(C)c2C)CC1. The number of aryl methyl sites for hydroxylation is 3. The van der Waals surface area contributed by atoms with Crippen molar-refractivity contribution in [2.75, 3.05) is 31.1 Å². The van der Waals surface area contributed by atoms with Crippen LogP contribution in [0.25, 0.3) is 10.9 Å². The third kappa shape index (κ3) is 4.51. The highest BCUT2D eigenvalue weighted by molar-refractivity contribution is 5.85. The Morgan fingerprint density at radius 2 is 1.68 bits per heavy atom. The molecule has 0 bridgehead atoms. The predicted octanol–water partition coefficient (Wildman–Crippen LogP) is 4.80. The summed E-state index contributed by atoms with van der Waals surface area (Å²) < 4.78 is 1.92. The summed E-state index contributed by atoms with van der Waals surface area (Å²) in [4.78, 5) is 21.7. The molecular weight excluding hydrogens is 474 g/mol. The predicted molar refractivity (Wildman–Crippen MR) is 153 cm³/mol. The Morgan fingerprint density at radius 3 is 2.39 bits per heavy atom. The summed E-state index contributed by atoms with van der Waals surface area (Å²) in [5.74, 6) is 0.715. The third-order valence-corrected chi connectivity index (χ3v) is 8.54. The summed E-state index contributed by atoms with van der Waals surface area (Å²) in [5, 5.41) is 14.1. The first-order valence-corrected chi connectivity index (χ1v) is 13.6. The van der Waals surface area contributed by atoms with Crippen molar-refractivity contribution in [3.8, 4) is 0 Å². The van der Waals surface area contributed by atoms with E-state index in [0.717, 1.165) is 54.6 Å². The molecule has 8 heteroatoms. The molecule has 0 unspecified atom stereocenters. The molecule has 4 aromatic rings. The summed E-state index contributed by atoms with van der Waals surface area (Å²) in [7, 11) is 0. The number of rotatable bonds is 6. The van der Waals surface area contributed by atoms with Gasteiger partial charge in [-0.25, -0.2) is 4.68 Å². The van der Waals surface area contributed by atoms with Crippen molar-refractivity contribution in [3.05, 3.63) is 80.4 Å². The third-order valence-electron chi connectivity index (χ3n) is 8.54. The number of hydrogen-bond acceptors (Lipinski definition) is 6. The van der Waals surface area contributed by atoms with E-state index in [-0.39, 0.29) is 17.1 Å². The largest absolute Gasteiger partial charge is 0.369 e. The van der Waals surface area contributed by atoms with Crippen molar-refractivity contribution < 1.29 is 0 Å². The number of aromatic nitrogens is 5. The molecule has 0 spiro atoms. The number of piperazine rings is 1. The number of aromatic amines is 1. The second-order valence-electron chi connectivity index (χ2n) is 11.3. The minimum atomic E-state index is -0.357. The number of pyridine rings is 1. The van der Waals surface area contributed by atoms with E-state index in [1.54, 1.807) is 0 Å². The Balaban J connectivity index is 1.60. The van der Waals surface area contributed by atoms with Crippen LogP contribution in [0.15, 0.2) is 41.2 Å². The molecule has 1 N–H and O–H groups in total. The first-order chi connectivity index (χ1) is 18.1. The van der Waals surface area contributed by atoms with E-state index in [1.165, 1.54) is 16.8 Å². The monoisotopic (exact) mass is 513 g/mol. The zero-order valence-corrected chi connectivity index (χ0v) is 23.7. The molecule has 0 aliphatic carbocycles. The maximum absolute atomic E-state index is 13.7. The van der Waals surface area contributed by atoms with E-state index in [9.17, 15) is 4.79 Å². The highest BCUT2D eigenvalue weighted by Crippen LogP contribution is 2.33. The molecule has 1 saturated heterocycles. The van der Waals surface area contributed by atoms with Crippen LogP contribution in [-0.4, -0.2) is 56.3 Å². The molecule has 1 atom stereocenters. The zero-order chi connectivity index (χ0) is 27.2. The van der Waals surface area contributed by atoms with E-state index >= 15 is 0 Å². The fourth-order valence-corrected chi connectivity index (χ4v) is 5.54. The molecule has 0 amide bonds. The van der Waals surface area contributed by atoms with Crippen molar-refractivity contribution in [1.29, 1.82) is 0 Å². The van der Waals surface area contributed by atoms with Crippen molar-refractivity contribution in [2.24, 2.45) is 0 Å². The lowest BCUT2D eigenvalue weighted by Crippen LogP contribution is -2.49. The topological polar surface area (TPSA) is 82.9 Å². The van der Waals surface area contributed by atoms with Gasteiger partial charge in [-0.2, -0.15) is 0 Å². The summed E-state index contributed by atoms with van der Waals surface area (Å²) in [5.41, 5.74) is 7.32. The number of anilines is 1. The van der Waals surface area contributed by atoms with Gasteiger partial charge in [0.05, 0.1) is 11.1 Å². The number of hydrogen-bond donors (Lipinski definition) is 1. The highest BCUT2D eigenvalue weighted by atomic mass is 16.1. The van der Waals surface area contributed by atoms with E-state index in [2.05, 4.69) is 108 Å². The van der Waals surface area contributed by atoms with Gasteiger partial charge < -0.3 is 9.88 Å². The van der Waals surface area contributed by atoms with Gasteiger partial charge in [-0.3, -0.25) is 9.69 Å². The quantitative estimate of drug-likeness (QED) is 0.399. The molecule has 0 saturated carbocycles. The molecule has 2 aromatic carbocycles. The van der Waals surface area contributed by atoms with E-state index in [0.29, 0.717) is 11.4 Å². The standard InChI is InChI=1S/C30H39N7O/c1-8-30(6,7)37-28(32-33-34-37)27(24-18-23-20(3)12-13-21(4)26(23)31-29(24)38)36-16-14-35(15-17-36)25-11-9-10-19(2)22(25)5/h9-13,18,27H,8,14-17H2,1-7H3,(H,31,38)/t27-/m1/s1. The van der Waals surface area contributed by atoms with Crippen LogP contribution in [0.2, 0.25) is 0 Å². The van der Waals surface area contributed by atoms with Crippen LogP contribution in [0.1, 0.15) is 66.9 Å². The lowest BCUT2D eigenvalue weighted by molar-refractivity contribution is 0.186. The van der Waals surface area contributed by atoms with E-state index in [4.69, 9.17) is 0 Å². The fraction of sp³-hybridized carbons (Fsp3) is 0.467. The molecule has 200 valence electrons. The van der Waals surface area contributed by atoms with Crippen LogP contribution in [-0.2, 0) is 5.54 Å². The number of tetrazole rings is 1. The Bertz CT molecular complexity index is 1530. The van der Waals surface area contributed by atoms with Gasteiger partial charge in [0, 0.05) is 42.8 Å². The van der Waals surface area contributed by atoms with Crippen LogP contribution in [0, 0.1) is 27.7 Å². The van der Waals surface area contributed by atoms with Crippen molar-refractivity contribution in [2.45, 2.75) is 66.5 Å². The average molecular weight is 514 g/mol. The highest BCUT2D eigenvalue weighted by Gasteiger charge is 2.36. The molecule has 1 fully saturated rings. The number of H-pyrrole nitrogens is 1. The summed E-state index contributed by atoms with van der Waals surface area (Å²) in [6.45, 7) is 18.2. The second kappa shape index (κ2) is 9.98. The van der Waals surface area contributed by atoms with Crippen molar-refractivity contribution in [3.63, 3.8) is 0 Å². The molecule has 0 radical (unpaired) electrons. The van der Waals surface area contributed by atoms with Crippen LogP contribution in [0.5, 0.6) is 0 Å². The lowest BCUT2D eigenvalue weighted by Gasteiger charge is -2.41. The number of nitrogens with one attached hydrogen (secondary N) is 1. The van der Waals surface area contributed by atoms with Crippen LogP contribution < -0.4 is 10.5 Å². The van der Waals surface area contributed by atoms with Crippen LogP contribution in [0.4, 0.5) is 5.69 Å². The number of fused-ring (bicyclic) bond motifs is 1. The molecule has 2 aromatic heterocycles. The maximum atomic E-state index is 13.7. The van der Waals surface area contributed by atoms with Gasteiger partial charge in [-0.05, 0) is 92.8 Å². The lowest BCUT2D eigenvalue weighted by atomic mass is 9.97. The van der Waals surface area contributed by atoms with E-state index in [1.807, 2.05) is 11.6 Å².